The van der Waals surface area contributed by atoms with Gasteiger partial charge in [0.25, 0.3) is 0 Å². The molecule has 3 unspecified atom stereocenters. The lowest BCUT2D eigenvalue weighted by Gasteiger charge is -2.48. The van der Waals surface area contributed by atoms with Gasteiger partial charge in [0.15, 0.2) is 0 Å². The van der Waals surface area contributed by atoms with Crippen LogP contribution in [0.2, 0.25) is 0 Å². The number of hydrogen-bond donors (Lipinski definition) is 0. The van der Waals surface area contributed by atoms with Crippen molar-refractivity contribution in [2.75, 3.05) is 32.8 Å². The molecule has 2 rings (SSSR count). The summed E-state index contributed by atoms with van der Waals surface area (Å²) in [5, 5.41) is 0. The van der Waals surface area contributed by atoms with Gasteiger partial charge in [-0.15, -0.1) is 0 Å². The molecule has 0 aromatic heterocycles. The Hall–Kier alpha value is -0.120. The van der Waals surface area contributed by atoms with Crippen molar-refractivity contribution in [2.24, 2.45) is 0 Å². The van der Waals surface area contributed by atoms with Crippen LogP contribution in [0.5, 0.6) is 0 Å². The van der Waals surface area contributed by atoms with E-state index < -0.39 is 0 Å². The van der Waals surface area contributed by atoms with Crippen LogP contribution in [0.25, 0.3) is 0 Å². The highest BCUT2D eigenvalue weighted by Crippen LogP contribution is 2.24. The summed E-state index contributed by atoms with van der Waals surface area (Å²) >= 11 is 0. The van der Waals surface area contributed by atoms with Crippen LogP contribution in [0.3, 0.4) is 0 Å². The number of ether oxygens (including phenoxy) is 1. The Bertz CT molecular complexity index is 234. The van der Waals surface area contributed by atoms with E-state index in [1.54, 1.807) is 0 Å². The first kappa shape index (κ1) is 13.3. The summed E-state index contributed by atoms with van der Waals surface area (Å²) in [6, 6.07) is 1.50. The molecule has 2 aliphatic heterocycles. The Morgan fingerprint density at radius 3 is 2.88 bits per heavy atom. The third-order valence-corrected chi connectivity index (χ3v) is 4.26. The molecule has 0 aromatic carbocycles. The molecular weight excluding hydrogens is 212 g/mol. The summed E-state index contributed by atoms with van der Waals surface area (Å²) in [5.41, 5.74) is 0. The predicted octanol–water partition coefficient (Wildman–Crippen LogP) is 1.97. The molecule has 0 spiro atoms. The number of piperazine rings is 1. The van der Waals surface area contributed by atoms with Crippen molar-refractivity contribution in [1.29, 1.82) is 0 Å². The molecule has 0 aromatic rings. The van der Waals surface area contributed by atoms with Crippen LogP contribution < -0.4 is 0 Å². The van der Waals surface area contributed by atoms with Crippen molar-refractivity contribution in [1.82, 2.24) is 9.80 Å². The number of nitrogens with zero attached hydrogens (tertiary/aromatic N) is 2. The average molecular weight is 240 g/mol. The van der Waals surface area contributed by atoms with Crippen LogP contribution in [0.15, 0.2) is 0 Å². The molecule has 2 heterocycles. The van der Waals surface area contributed by atoms with Crippen molar-refractivity contribution in [2.45, 2.75) is 58.2 Å². The van der Waals surface area contributed by atoms with E-state index in [4.69, 9.17) is 4.74 Å². The van der Waals surface area contributed by atoms with Gasteiger partial charge < -0.3 is 4.74 Å². The van der Waals surface area contributed by atoms with Crippen molar-refractivity contribution < 1.29 is 4.74 Å². The van der Waals surface area contributed by atoms with Crippen LogP contribution >= 0.6 is 0 Å². The lowest BCUT2D eigenvalue weighted by atomic mass is 9.97. The van der Waals surface area contributed by atoms with Gasteiger partial charge in [0, 0.05) is 38.3 Å². The van der Waals surface area contributed by atoms with Gasteiger partial charge in [0.05, 0.1) is 6.10 Å². The zero-order valence-electron chi connectivity index (χ0n) is 11.7. The van der Waals surface area contributed by atoms with Gasteiger partial charge in [-0.3, -0.25) is 9.80 Å². The van der Waals surface area contributed by atoms with E-state index in [1.165, 1.54) is 38.9 Å². The lowest BCUT2D eigenvalue weighted by molar-refractivity contribution is -0.0207. The molecule has 0 amide bonds. The van der Waals surface area contributed by atoms with E-state index in [9.17, 15) is 0 Å². The molecule has 100 valence electrons. The van der Waals surface area contributed by atoms with Gasteiger partial charge in [0.2, 0.25) is 0 Å². The fraction of sp³-hybridized carbons (Fsp3) is 1.00. The van der Waals surface area contributed by atoms with Gasteiger partial charge in [-0.1, -0.05) is 6.42 Å². The first-order chi connectivity index (χ1) is 8.20. The van der Waals surface area contributed by atoms with Gasteiger partial charge >= 0.3 is 0 Å². The Morgan fingerprint density at radius 2 is 2.12 bits per heavy atom. The van der Waals surface area contributed by atoms with Crippen LogP contribution in [0.4, 0.5) is 0 Å². The Kier molecular flexibility index (Phi) is 4.83. The first-order valence-electron chi connectivity index (χ1n) is 7.30. The molecule has 0 N–H and O–H groups in total. The number of piperidine rings is 1. The Morgan fingerprint density at radius 1 is 1.29 bits per heavy atom. The monoisotopic (exact) mass is 240 g/mol. The Labute approximate surface area is 106 Å². The van der Waals surface area contributed by atoms with E-state index in [0.717, 1.165) is 19.2 Å². The highest BCUT2D eigenvalue weighted by molar-refractivity contribution is 4.89. The van der Waals surface area contributed by atoms with Crippen LogP contribution in [0.1, 0.15) is 40.0 Å². The van der Waals surface area contributed by atoms with Crippen LogP contribution in [-0.4, -0.2) is 60.8 Å². The molecule has 2 fully saturated rings. The SMILES string of the molecule is CCOC(C)CN1CC2CCCCN2CC1C. The summed E-state index contributed by atoms with van der Waals surface area (Å²) in [6.45, 7) is 12.4. The minimum atomic E-state index is 0.373. The third-order valence-electron chi connectivity index (χ3n) is 4.26. The zero-order chi connectivity index (χ0) is 12.3. The molecule has 17 heavy (non-hydrogen) atoms. The molecule has 2 aliphatic rings. The fourth-order valence-electron chi connectivity index (χ4n) is 3.33. The van der Waals surface area contributed by atoms with Gasteiger partial charge in [-0.2, -0.15) is 0 Å². The highest BCUT2D eigenvalue weighted by Gasteiger charge is 2.33. The van der Waals surface area contributed by atoms with Crippen LogP contribution in [0, 0.1) is 0 Å². The maximum Gasteiger partial charge on any atom is 0.0673 e. The Balaban J connectivity index is 1.86. The minimum Gasteiger partial charge on any atom is -0.377 e. The number of fused-ring (bicyclic) bond motifs is 1. The molecule has 0 saturated carbocycles. The quantitative estimate of drug-likeness (QED) is 0.747. The standard InChI is InChI=1S/C14H28N2O/c1-4-17-13(3)10-16-11-14-7-5-6-8-15(14)9-12(16)2/h12-14H,4-11H2,1-3H3. The second-order valence-corrected chi connectivity index (χ2v) is 5.71. The molecule has 0 bridgehead atoms. The summed E-state index contributed by atoms with van der Waals surface area (Å²) in [6.07, 6.45) is 4.59. The van der Waals surface area contributed by atoms with Crippen molar-refractivity contribution in [3.05, 3.63) is 0 Å². The predicted molar refractivity (Wildman–Crippen MR) is 71.3 cm³/mol. The zero-order valence-corrected chi connectivity index (χ0v) is 11.7. The van der Waals surface area contributed by atoms with Crippen molar-refractivity contribution in [3.63, 3.8) is 0 Å². The molecule has 3 atom stereocenters. The topological polar surface area (TPSA) is 15.7 Å². The summed E-state index contributed by atoms with van der Waals surface area (Å²) in [7, 11) is 0. The molecule has 3 nitrogen and oxygen atoms in total. The first-order valence-corrected chi connectivity index (χ1v) is 7.30. The van der Waals surface area contributed by atoms with Crippen molar-refractivity contribution >= 4 is 0 Å². The lowest BCUT2D eigenvalue weighted by Crippen LogP contribution is -2.59. The van der Waals surface area contributed by atoms with Gasteiger partial charge in [-0.25, -0.2) is 0 Å². The largest absolute Gasteiger partial charge is 0.377 e. The fourth-order valence-corrected chi connectivity index (χ4v) is 3.33. The third kappa shape index (κ3) is 3.43. The molecule has 3 heteroatoms. The normalized spacial score (nSPS) is 33.4. The second kappa shape index (κ2) is 6.17. The van der Waals surface area contributed by atoms with E-state index in [2.05, 4.69) is 30.6 Å². The maximum atomic E-state index is 5.67. The molecule has 0 aliphatic carbocycles. The van der Waals surface area contributed by atoms with E-state index in [-0.39, 0.29) is 0 Å². The average Bonchev–Trinajstić information content (AvgIpc) is 2.30. The summed E-state index contributed by atoms with van der Waals surface area (Å²) in [4.78, 5) is 5.34. The summed E-state index contributed by atoms with van der Waals surface area (Å²) in [5.74, 6) is 0. The maximum absolute atomic E-state index is 5.67. The number of hydrogen-bond acceptors (Lipinski definition) is 3. The van der Waals surface area contributed by atoms with Gasteiger partial charge in [0.1, 0.15) is 0 Å². The molecular formula is C14H28N2O. The van der Waals surface area contributed by atoms with Crippen molar-refractivity contribution in [3.8, 4) is 0 Å². The molecule has 2 saturated heterocycles. The highest BCUT2D eigenvalue weighted by atomic mass is 16.5. The smallest absolute Gasteiger partial charge is 0.0673 e. The van der Waals surface area contributed by atoms with E-state index >= 15 is 0 Å². The second-order valence-electron chi connectivity index (χ2n) is 5.71. The number of rotatable bonds is 4. The minimum absolute atomic E-state index is 0.373. The summed E-state index contributed by atoms with van der Waals surface area (Å²) < 4.78 is 5.67. The van der Waals surface area contributed by atoms with Crippen LogP contribution in [-0.2, 0) is 4.74 Å². The van der Waals surface area contributed by atoms with E-state index in [0.29, 0.717) is 12.1 Å². The van der Waals surface area contributed by atoms with Gasteiger partial charge in [-0.05, 0) is 40.2 Å². The molecule has 0 radical (unpaired) electrons. The van der Waals surface area contributed by atoms with E-state index in [1.807, 2.05) is 0 Å².